The van der Waals surface area contributed by atoms with Crippen LogP contribution in [0.4, 0.5) is 5.82 Å². The Balaban J connectivity index is 3.28. The summed E-state index contributed by atoms with van der Waals surface area (Å²) in [5.74, 6) is 0.889. The molecular weight excluding hydrogens is 198 g/mol. The summed E-state index contributed by atoms with van der Waals surface area (Å²) in [6, 6.07) is 0. The first-order valence-corrected chi connectivity index (χ1v) is 5.72. The highest BCUT2D eigenvalue weighted by Crippen LogP contribution is 2.28. The fourth-order valence-corrected chi connectivity index (χ4v) is 1.47. The average molecular weight is 221 g/mol. The number of nitrogens with zero attached hydrogens (tertiary/aromatic N) is 2. The standard InChI is InChI=1S/C13H23N3/c1-12(2,3)9-8-15-10(13(4,5)6)11(14-7)16-9/h8H,1-7H3,(H,14,16). The third-order valence-electron chi connectivity index (χ3n) is 2.49. The molecule has 0 aliphatic carbocycles. The lowest BCUT2D eigenvalue weighted by Crippen LogP contribution is -2.21. The van der Waals surface area contributed by atoms with Crippen molar-refractivity contribution in [3.05, 3.63) is 17.6 Å². The highest BCUT2D eigenvalue weighted by atomic mass is 15.0. The number of rotatable bonds is 1. The molecule has 3 nitrogen and oxygen atoms in total. The maximum atomic E-state index is 4.66. The molecule has 0 saturated heterocycles. The molecule has 0 amide bonds. The number of hydrogen-bond acceptors (Lipinski definition) is 3. The van der Waals surface area contributed by atoms with E-state index in [2.05, 4.69) is 56.8 Å². The molecule has 1 aromatic heterocycles. The van der Waals surface area contributed by atoms with Crippen molar-refractivity contribution in [3.8, 4) is 0 Å². The average Bonchev–Trinajstić information content (AvgIpc) is 2.14. The van der Waals surface area contributed by atoms with Crippen molar-refractivity contribution < 1.29 is 0 Å². The van der Waals surface area contributed by atoms with Crippen molar-refractivity contribution in [1.29, 1.82) is 0 Å². The van der Waals surface area contributed by atoms with E-state index in [0.717, 1.165) is 17.2 Å². The number of aromatic nitrogens is 2. The molecule has 1 aromatic rings. The van der Waals surface area contributed by atoms with Gasteiger partial charge in [-0.1, -0.05) is 41.5 Å². The third kappa shape index (κ3) is 2.71. The fourth-order valence-electron chi connectivity index (χ4n) is 1.47. The molecule has 0 bridgehead atoms. The molecule has 1 heterocycles. The molecule has 3 heteroatoms. The van der Waals surface area contributed by atoms with Gasteiger partial charge in [0.2, 0.25) is 0 Å². The lowest BCUT2D eigenvalue weighted by Gasteiger charge is -2.24. The normalized spacial score (nSPS) is 12.7. The van der Waals surface area contributed by atoms with E-state index in [-0.39, 0.29) is 10.8 Å². The van der Waals surface area contributed by atoms with Gasteiger partial charge in [-0.2, -0.15) is 0 Å². The fraction of sp³-hybridized carbons (Fsp3) is 0.692. The van der Waals surface area contributed by atoms with Crippen LogP contribution >= 0.6 is 0 Å². The molecule has 90 valence electrons. The first-order chi connectivity index (χ1) is 7.16. The number of nitrogens with one attached hydrogen (secondary N) is 1. The van der Waals surface area contributed by atoms with E-state index < -0.39 is 0 Å². The molecule has 0 aliphatic rings. The van der Waals surface area contributed by atoms with Gasteiger partial charge < -0.3 is 5.32 Å². The molecule has 0 aromatic carbocycles. The third-order valence-corrected chi connectivity index (χ3v) is 2.49. The summed E-state index contributed by atoms with van der Waals surface area (Å²) in [7, 11) is 1.89. The van der Waals surface area contributed by atoms with E-state index in [0.29, 0.717) is 0 Å². The smallest absolute Gasteiger partial charge is 0.148 e. The topological polar surface area (TPSA) is 37.8 Å². The molecule has 1 N–H and O–H groups in total. The Morgan fingerprint density at radius 2 is 1.56 bits per heavy atom. The van der Waals surface area contributed by atoms with Crippen LogP contribution in [0.5, 0.6) is 0 Å². The Bertz CT molecular complexity index is 370. The molecule has 0 radical (unpaired) electrons. The van der Waals surface area contributed by atoms with Crippen LogP contribution < -0.4 is 5.32 Å². The maximum Gasteiger partial charge on any atom is 0.148 e. The van der Waals surface area contributed by atoms with Gasteiger partial charge in [-0.25, -0.2) is 4.98 Å². The van der Waals surface area contributed by atoms with Gasteiger partial charge in [0.1, 0.15) is 5.82 Å². The Labute approximate surface area is 98.7 Å². The molecular formula is C13H23N3. The summed E-state index contributed by atoms with van der Waals surface area (Å²) >= 11 is 0. The quantitative estimate of drug-likeness (QED) is 0.791. The van der Waals surface area contributed by atoms with Gasteiger partial charge in [0.05, 0.1) is 11.4 Å². The van der Waals surface area contributed by atoms with Crippen LogP contribution in [0.2, 0.25) is 0 Å². The van der Waals surface area contributed by atoms with Crippen molar-refractivity contribution in [2.75, 3.05) is 12.4 Å². The lowest BCUT2D eigenvalue weighted by atomic mass is 9.89. The van der Waals surface area contributed by atoms with E-state index in [4.69, 9.17) is 0 Å². The summed E-state index contributed by atoms with van der Waals surface area (Å²) in [4.78, 5) is 9.22. The van der Waals surface area contributed by atoms with Crippen LogP contribution in [0.25, 0.3) is 0 Å². The van der Waals surface area contributed by atoms with Crippen molar-refractivity contribution in [3.63, 3.8) is 0 Å². The summed E-state index contributed by atoms with van der Waals surface area (Å²) in [5.41, 5.74) is 2.09. The Kier molecular flexibility index (Phi) is 3.27. The summed E-state index contributed by atoms with van der Waals surface area (Å²) in [5, 5.41) is 3.14. The van der Waals surface area contributed by atoms with Gasteiger partial charge in [-0.15, -0.1) is 0 Å². The SMILES string of the molecule is CNc1nc(C(C)(C)C)cnc1C(C)(C)C. The Hall–Kier alpha value is -1.12. The summed E-state index contributed by atoms with van der Waals surface area (Å²) in [6.45, 7) is 12.9. The predicted octanol–water partition coefficient (Wildman–Crippen LogP) is 3.11. The molecule has 0 spiro atoms. The van der Waals surface area contributed by atoms with Gasteiger partial charge >= 0.3 is 0 Å². The minimum absolute atomic E-state index is 0.0156. The molecule has 0 unspecified atom stereocenters. The molecule has 0 fully saturated rings. The molecule has 16 heavy (non-hydrogen) atoms. The highest BCUT2D eigenvalue weighted by molar-refractivity contribution is 5.44. The van der Waals surface area contributed by atoms with E-state index in [1.54, 1.807) is 0 Å². The van der Waals surface area contributed by atoms with Crippen molar-refractivity contribution in [1.82, 2.24) is 9.97 Å². The summed E-state index contributed by atoms with van der Waals surface area (Å²) < 4.78 is 0. The van der Waals surface area contributed by atoms with Gasteiger partial charge in [-0.05, 0) is 0 Å². The van der Waals surface area contributed by atoms with Crippen molar-refractivity contribution >= 4 is 5.82 Å². The minimum atomic E-state index is 0.0156. The van der Waals surface area contributed by atoms with Crippen molar-refractivity contribution in [2.24, 2.45) is 0 Å². The van der Waals surface area contributed by atoms with E-state index in [1.807, 2.05) is 13.2 Å². The first kappa shape index (κ1) is 12.9. The molecule has 1 rings (SSSR count). The highest BCUT2D eigenvalue weighted by Gasteiger charge is 2.23. The van der Waals surface area contributed by atoms with Crippen LogP contribution in [0.3, 0.4) is 0 Å². The maximum absolute atomic E-state index is 4.66. The lowest BCUT2D eigenvalue weighted by molar-refractivity contribution is 0.542. The van der Waals surface area contributed by atoms with Crippen LogP contribution in [0.15, 0.2) is 6.20 Å². The van der Waals surface area contributed by atoms with Crippen molar-refractivity contribution in [2.45, 2.75) is 52.4 Å². The predicted molar refractivity (Wildman–Crippen MR) is 69.0 cm³/mol. The zero-order valence-electron chi connectivity index (χ0n) is 11.5. The second-order valence-corrected chi connectivity index (χ2v) is 6.20. The van der Waals surface area contributed by atoms with Crippen LogP contribution in [-0.2, 0) is 10.8 Å². The van der Waals surface area contributed by atoms with Gasteiger partial charge in [-0.3, -0.25) is 4.98 Å². The number of hydrogen-bond donors (Lipinski definition) is 1. The van der Waals surface area contributed by atoms with Gasteiger partial charge in [0.25, 0.3) is 0 Å². The van der Waals surface area contributed by atoms with E-state index >= 15 is 0 Å². The minimum Gasteiger partial charge on any atom is -0.372 e. The van der Waals surface area contributed by atoms with Crippen LogP contribution in [0, 0.1) is 0 Å². The molecule has 0 aliphatic heterocycles. The second kappa shape index (κ2) is 4.04. The van der Waals surface area contributed by atoms with Gasteiger partial charge in [0, 0.05) is 24.1 Å². The largest absolute Gasteiger partial charge is 0.372 e. The molecule has 0 atom stereocenters. The van der Waals surface area contributed by atoms with E-state index in [1.165, 1.54) is 0 Å². The monoisotopic (exact) mass is 221 g/mol. The molecule has 0 saturated carbocycles. The zero-order chi connectivity index (χ0) is 12.6. The van der Waals surface area contributed by atoms with E-state index in [9.17, 15) is 0 Å². The van der Waals surface area contributed by atoms with Crippen LogP contribution in [0.1, 0.15) is 52.9 Å². The second-order valence-electron chi connectivity index (χ2n) is 6.20. The first-order valence-electron chi connectivity index (χ1n) is 5.72. The zero-order valence-corrected chi connectivity index (χ0v) is 11.5. The van der Waals surface area contributed by atoms with Gasteiger partial charge in [0.15, 0.2) is 0 Å². The Morgan fingerprint density at radius 1 is 1.00 bits per heavy atom. The Morgan fingerprint density at radius 3 is 1.94 bits per heavy atom. The van der Waals surface area contributed by atoms with Crippen LogP contribution in [-0.4, -0.2) is 17.0 Å². The summed E-state index contributed by atoms with van der Waals surface area (Å²) in [6.07, 6.45) is 1.89. The number of anilines is 1.